The van der Waals surface area contributed by atoms with Gasteiger partial charge in [-0.2, -0.15) is 0 Å². The van der Waals surface area contributed by atoms with Crippen LogP contribution in [0.2, 0.25) is 0 Å². The molecule has 0 amide bonds. The molecule has 1 heterocycles. The number of hydrogen-bond donors (Lipinski definition) is 0. The molecule has 21 heavy (non-hydrogen) atoms. The Bertz CT molecular complexity index is 616. The molecule has 0 bridgehead atoms. The van der Waals surface area contributed by atoms with Crippen molar-refractivity contribution in [3.8, 4) is 0 Å². The maximum absolute atomic E-state index is 11.1. The first kappa shape index (κ1) is 14.0. The maximum atomic E-state index is 11.1. The van der Waals surface area contributed by atoms with Crippen molar-refractivity contribution in [1.29, 1.82) is 0 Å². The molecule has 5 heteroatoms. The van der Waals surface area contributed by atoms with Gasteiger partial charge in [0.1, 0.15) is 5.60 Å². The number of benzene rings is 1. The summed E-state index contributed by atoms with van der Waals surface area (Å²) in [5.74, 6) is 0. The average Bonchev–Trinajstić information content (AvgIpc) is 2.83. The third-order valence-corrected chi connectivity index (χ3v) is 4.65. The molecule has 1 fully saturated rings. The van der Waals surface area contributed by atoms with Crippen molar-refractivity contribution in [2.24, 2.45) is 5.16 Å². The molecule has 3 rings (SSSR count). The van der Waals surface area contributed by atoms with Crippen molar-refractivity contribution >= 4 is 11.4 Å². The summed E-state index contributed by atoms with van der Waals surface area (Å²) in [6, 6.07) is 3.51. The molecule has 1 aromatic carbocycles. The minimum atomic E-state index is -0.328. The van der Waals surface area contributed by atoms with Gasteiger partial charge in [-0.3, -0.25) is 10.1 Å². The summed E-state index contributed by atoms with van der Waals surface area (Å²) in [5.41, 5.74) is 3.43. The number of nitro benzene ring substituents is 1. The molecule has 1 aliphatic heterocycles. The summed E-state index contributed by atoms with van der Waals surface area (Å²) in [6.45, 7) is 3.74. The SMILES string of the molecule is Cc1cc(C)c([N+](=O)[O-])cc1C1=NOC2(CCCCC2)C1. The lowest BCUT2D eigenvalue weighted by atomic mass is 9.80. The highest BCUT2D eigenvalue weighted by Gasteiger charge is 2.40. The van der Waals surface area contributed by atoms with Crippen LogP contribution in [0.25, 0.3) is 0 Å². The molecule has 0 unspecified atom stereocenters. The largest absolute Gasteiger partial charge is 0.389 e. The van der Waals surface area contributed by atoms with Gasteiger partial charge in [0.25, 0.3) is 5.69 Å². The van der Waals surface area contributed by atoms with Gasteiger partial charge in [-0.1, -0.05) is 11.6 Å². The Balaban J connectivity index is 1.91. The summed E-state index contributed by atoms with van der Waals surface area (Å²) in [4.78, 5) is 16.6. The highest BCUT2D eigenvalue weighted by atomic mass is 16.7. The molecule has 1 aliphatic carbocycles. The van der Waals surface area contributed by atoms with Gasteiger partial charge < -0.3 is 4.84 Å². The molecule has 1 aromatic rings. The average molecular weight is 288 g/mol. The number of nitrogens with zero attached hydrogens (tertiary/aromatic N) is 2. The fraction of sp³-hybridized carbons (Fsp3) is 0.562. The summed E-state index contributed by atoms with van der Waals surface area (Å²) < 4.78 is 0. The van der Waals surface area contributed by atoms with Crippen molar-refractivity contribution in [3.63, 3.8) is 0 Å². The number of aryl methyl sites for hydroxylation is 2. The van der Waals surface area contributed by atoms with Crippen LogP contribution < -0.4 is 0 Å². The molecule has 0 radical (unpaired) electrons. The third kappa shape index (κ3) is 2.52. The van der Waals surface area contributed by atoms with Crippen LogP contribution in [0.4, 0.5) is 5.69 Å². The lowest BCUT2D eigenvalue weighted by molar-refractivity contribution is -0.385. The van der Waals surface area contributed by atoms with Gasteiger partial charge >= 0.3 is 0 Å². The summed E-state index contributed by atoms with van der Waals surface area (Å²) >= 11 is 0. The van der Waals surface area contributed by atoms with Crippen LogP contribution in [0.15, 0.2) is 17.3 Å². The van der Waals surface area contributed by atoms with Crippen LogP contribution in [0.1, 0.15) is 55.2 Å². The fourth-order valence-corrected chi connectivity index (χ4v) is 3.48. The van der Waals surface area contributed by atoms with Gasteiger partial charge in [0.15, 0.2) is 0 Å². The Hall–Kier alpha value is -1.91. The summed E-state index contributed by atoms with van der Waals surface area (Å²) in [7, 11) is 0. The molecule has 1 spiro atoms. The molecule has 0 atom stereocenters. The third-order valence-electron chi connectivity index (χ3n) is 4.65. The zero-order chi connectivity index (χ0) is 15.0. The van der Waals surface area contributed by atoms with Crippen LogP contribution in [0.3, 0.4) is 0 Å². The lowest BCUT2D eigenvalue weighted by Gasteiger charge is -2.30. The number of oxime groups is 1. The van der Waals surface area contributed by atoms with Crippen molar-refractivity contribution < 1.29 is 9.76 Å². The minimum absolute atomic E-state index is 0.153. The zero-order valence-electron chi connectivity index (χ0n) is 12.5. The molecule has 5 nitrogen and oxygen atoms in total. The van der Waals surface area contributed by atoms with E-state index in [1.54, 1.807) is 13.0 Å². The van der Waals surface area contributed by atoms with Crippen LogP contribution in [0.5, 0.6) is 0 Å². The molecule has 0 saturated heterocycles. The smallest absolute Gasteiger partial charge is 0.272 e. The first-order valence-corrected chi connectivity index (χ1v) is 7.52. The summed E-state index contributed by atoms with van der Waals surface area (Å²) in [6.07, 6.45) is 6.45. The molecule has 112 valence electrons. The second-order valence-electron chi connectivity index (χ2n) is 6.26. The van der Waals surface area contributed by atoms with E-state index in [1.807, 2.05) is 13.0 Å². The highest BCUT2D eigenvalue weighted by molar-refractivity contribution is 6.03. The van der Waals surface area contributed by atoms with Gasteiger partial charge in [-0.05, 0) is 51.2 Å². The van der Waals surface area contributed by atoms with Gasteiger partial charge in [-0.15, -0.1) is 0 Å². The van der Waals surface area contributed by atoms with Crippen molar-refractivity contribution in [2.75, 3.05) is 0 Å². The Morgan fingerprint density at radius 3 is 2.57 bits per heavy atom. The predicted octanol–water partition coefficient (Wildman–Crippen LogP) is 4.04. The van der Waals surface area contributed by atoms with E-state index in [0.29, 0.717) is 5.56 Å². The molecule has 0 N–H and O–H groups in total. The number of hydrogen-bond acceptors (Lipinski definition) is 4. The topological polar surface area (TPSA) is 64.7 Å². The summed E-state index contributed by atoms with van der Waals surface area (Å²) in [5, 5.41) is 15.4. The van der Waals surface area contributed by atoms with E-state index in [2.05, 4.69) is 5.16 Å². The normalized spacial score (nSPS) is 20.2. The Kier molecular flexibility index (Phi) is 3.43. The first-order chi connectivity index (χ1) is 10.0. The van der Waals surface area contributed by atoms with Gasteiger partial charge in [0.05, 0.1) is 10.6 Å². The molecule has 2 aliphatic rings. The van der Waals surface area contributed by atoms with Gasteiger partial charge in [0.2, 0.25) is 0 Å². The lowest BCUT2D eigenvalue weighted by Crippen LogP contribution is -2.31. The van der Waals surface area contributed by atoms with Gasteiger partial charge in [0, 0.05) is 23.6 Å². The van der Waals surface area contributed by atoms with E-state index in [-0.39, 0.29) is 16.2 Å². The standard InChI is InChI=1S/C16H20N2O3/c1-11-8-12(2)15(18(19)20)9-13(11)14-10-16(21-17-14)6-4-3-5-7-16/h8-9H,3-7,10H2,1-2H3. The second-order valence-corrected chi connectivity index (χ2v) is 6.26. The number of nitro groups is 1. The zero-order valence-corrected chi connectivity index (χ0v) is 12.5. The first-order valence-electron chi connectivity index (χ1n) is 7.52. The quantitative estimate of drug-likeness (QED) is 0.609. The van der Waals surface area contributed by atoms with Gasteiger partial charge in [-0.25, -0.2) is 0 Å². The number of rotatable bonds is 2. The van der Waals surface area contributed by atoms with Crippen LogP contribution in [-0.4, -0.2) is 16.2 Å². The Labute approximate surface area is 124 Å². The van der Waals surface area contributed by atoms with Crippen molar-refractivity contribution in [1.82, 2.24) is 0 Å². The Morgan fingerprint density at radius 1 is 1.19 bits per heavy atom. The van der Waals surface area contributed by atoms with Crippen LogP contribution >= 0.6 is 0 Å². The van der Waals surface area contributed by atoms with E-state index in [9.17, 15) is 10.1 Å². The predicted molar refractivity (Wildman–Crippen MR) is 80.6 cm³/mol. The van der Waals surface area contributed by atoms with E-state index < -0.39 is 0 Å². The molecular weight excluding hydrogens is 268 g/mol. The molecule has 1 saturated carbocycles. The second kappa shape index (κ2) is 5.13. The monoisotopic (exact) mass is 288 g/mol. The molecule has 0 aromatic heterocycles. The maximum Gasteiger partial charge on any atom is 0.272 e. The van der Waals surface area contributed by atoms with Crippen LogP contribution in [0, 0.1) is 24.0 Å². The van der Waals surface area contributed by atoms with Crippen molar-refractivity contribution in [2.45, 2.75) is 58.0 Å². The molecular formula is C16H20N2O3. The highest BCUT2D eigenvalue weighted by Crippen LogP contribution is 2.40. The van der Waals surface area contributed by atoms with Crippen molar-refractivity contribution in [3.05, 3.63) is 38.9 Å². The minimum Gasteiger partial charge on any atom is -0.389 e. The fourth-order valence-electron chi connectivity index (χ4n) is 3.48. The van der Waals surface area contributed by atoms with E-state index in [4.69, 9.17) is 4.84 Å². The van der Waals surface area contributed by atoms with E-state index in [0.717, 1.165) is 36.1 Å². The Morgan fingerprint density at radius 2 is 1.90 bits per heavy atom. The van der Waals surface area contributed by atoms with Crippen LogP contribution in [-0.2, 0) is 4.84 Å². The van der Waals surface area contributed by atoms with E-state index in [1.165, 1.54) is 19.3 Å². The van der Waals surface area contributed by atoms with E-state index >= 15 is 0 Å².